The van der Waals surface area contributed by atoms with Gasteiger partial charge in [-0.05, 0) is 51.6 Å². The fourth-order valence-corrected chi connectivity index (χ4v) is 3.73. The van der Waals surface area contributed by atoms with Crippen LogP contribution in [-0.2, 0) is 0 Å². The number of nitrogens with two attached hydrogens (primary N) is 1. The minimum Gasteiger partial charge on any atom is -0.355 e. The SMILES string of the molecule is Cc1nc(C)c2cc(C3=NC=CCC3)nn2c1N1CC[C@@H](CN)C1. The number of aromatic nitrogens is 3. The van der Waals surface area contributed by atoms with Crippen LogP contribution in [0.4, 0.5) is 5.82 Å². The summed E-state index contributed by atoms with van der Waals surface area (Å²) in [6.07, 6.45) is 7.09. The molecule has 2 aromatic heterocycles. The first-order valence-electron chi connectivity index (χ1n) is 8.71. The Morgan fingerprint density at radius 3 is 2.88 bits per heavy atom. The van der Waals surface area contributed by atoms with Gasteiger partial charge >= 0.3 is 0 Å². The Morgan fingerprint density at radius 2 is 2.17 bits per heavy atom. The zero-order valence-corrected chi connectivity index (χ0v) is 14.4. The van der Waals surface area contributed by atoms with Crippen LogP contribution in [0.15, 0.2) is 23.3 Å². The first-order valence-corrected chi connectivity index (χ1v) is 8.71. The molecule has 6 nitrogen and oxygen atoms in total. The zero-order valence-electron chi connectivity index (χ0n) is 14.4. The fourth-order valence-electron chi connectivity index (χ4n) is 3.73. The summed E-state index contributed by atoms with van der Waals surface area (Å²) >= 11 is 0. The van der Waals surface area contributed by atoms with E-state index >= 15 is 0 Å². The second kappa shape index (κ2) is 6.02. The van der Waals surface area contributed by atoms with E-state index in [0.717, 1.165) is 73.0 Å². The van der Waals surface area contributed by atoms with Gasteiger partial charge in [0, 0.05) is 19.3 Å². The molecule has 1 saturated heterocycles. The van der Waals surface area contributed by atoms with Crippen molar-refractivity contribution in [2.45, 2.75) is 33.1 Å². The van der Waals surface area contributed by atoms with Crippen molar-refractivity contribution < 1.29 is 0 Å². The lowest BCUT2D eigenvalue weighted by molar-refractivity contribution is 0.601. The van der Waals surface area contributed by atoms with E-state index in [1.165, 1.54) is 0 Å². The van der Waals surface area contributed by atoms with Crippen LogP contribution >= 0.6 is 0 Å². The molecular weight excluding hydrogens is 300 g/mol. The van der Waals surface area contributed by atoms with Gasteiger partial charge in [0.05, 0.1) is 22.6 Å². The summed E-state index contributed by atoms with van der Waals surface area (Å²) in [5.41, 5.74) is 11.0. The molecule has 4 rings (SSSR count). The van der Waals surface area contributed by atoms with Crippen LogP contribution < -0.4 is 10.6 Å². The average Bonchev–Trinajstić information content (AvgIpc) is 3.23. The van der Waals surface area contributed by atoms with E-state index in [2.05, 4.69) is 33.5 Å². The Labute approximate surface area is 142 Å². The molecule has 0 aromatic carbocycles. The van der Waals surface area contributed by atoms with Crippen molar-refractivity contribution in [3.8, 4) is 0 Å². The number of hydrogen-bond acceptors (Lipinski definition) is 5. The average molecular weight is 324 g/mol. The molecule has 0 bridgehead atoms. The van der Waals surface area contributed by atoms with Gasteiger partial charge in [0.25, 0.3) is 0 Å². The van der Waals surface area contributed by atoms with Gasteiger partial charge in [0.15, 0.2) is 5.82 Å². The molecule has 0 radical (unpaired) electrons. The van der Waals surface area contributed by atoms with E-state index in [4.69, 9.17) is 15.8 Å². The smallest absolute Gasteiger partial charge is 0.152 e. The lowest BCUT2D eigenvalue weighted by Gasteiger charge is -2.21. The minimum atomic E-state index is 0.559. The molecule has 1 fully saturated rings. The van der Waals surface area contributed by atoms with E-state index in [1.54, 1.807) is 0 Å². The van der Waals surface area contributed by atoms with E-state index < -0.39 is 0 Å². The van der Waals surface area contributed by atoms with Crippen LogP contribution in [0.3, 0.4) is 0 Å². The van der Waals surface area contributed by atoms with Gasteiger partial charge in [-0.2, -0.15) is 5.10 Å². The predicted octanol–water partition coefficient (Wildman–Crippen LogP) is 2.23. The molecule has 0 saturated carbocycles. The molecule has 2 aliphatic rings. The van der Waals surface area contributed by atoms with Crippen LogP contribution in [0.1, 0.15) is 36.3 Å². The maximum Gasteiger partial charge on any atom is 0.152 e. The van der Waals surface area contributed by atoms with Crippen molar-refractivity contribution in [1.29, 1.82) is 0 Å². The van der Waals surface area contributed by atoms with Gasteiger partial charge in [-0.25, -0.2) is 4.52 Å². The standard InChI is InChI=1S/C18H24N6/c1-12-17-9-16(15-5-3-4-7-20-15)22-24(17)18(13(2)21-12)23-8-6-14(10-19)11-23/h4,7,9,14H,3,5-6,8,10-11,19H2,1-2H3/t14-/m0/s1. The van der Waals surface area contributed by atoms with E-state index in [0.29, 0.717) is 5.92 Å². The van der Waals surface area contributed by atoms with Crippen molar-refractivity contribution in [3.63, 3.8) is 0 Å². The normalized spacial score (nSPS) is 20.9. The Balaban J connectivity index is 1.83. The monoisotopic (exact) mass is 324 g/mol. The third-order valence-corrected chi connectivity index (χ3v) is 5.04. The van der Waals surface area contributed by atoms with Gasteiger partial charge < -0.3 is 10.6 Å². The summed E-state index contributed by atoms with van der Waals surface area (Å²) in [5.74, 6) is 1.66. The summed E-state index contributed by atoms with van der Waals surface area (Å²) in [4.78, 5) is 11.7. The van der Waals surface area contributed by atoms with Crippen molar-refractivity contribution in [1.82, 2.24) is 14.6 Å². The Hall–Kier alpha value is -2.21. The first-order chi connectivity index (χ1) is 11.7. The van der Waals surface area contributed by atoms with E-state index in [-0.39, 0.29) is 0 Å². The van der Waals surface area contributed by atoms with Crippen molar-refractivity contribution in [2.24, 2.45) is 16.6 Å². The van der Waals surface area contributed by atoms with Gasteiger partial charge in [-0.3, -0.25) is 9.98 Å². The summed E-state index contributed by atoms with van der Waals surface area (Å²) in [6.45, 7) is 6.86. The second-order valence-electron chi connectivity index (χ2n) is 6.77. The molecule has 0 spiro atoms. The van der Waals surface area contributed by atoms with Crippen molar-refractivity contribution in [3.05, 3.63) is 35.4 Å². The minimum absolute atomic E-state index is 0.559. The molecule has 1 atom stereocenters. The number of nitrogens with zero attached hydrogens (tertiary/aromatic N) is 5. The Kier molecular flexibility index (Phi) is 3.84. The molecule has 0 amide bonds. The highest BCUT2D eigenvalue weighted by Gasteiger charge is 2.26. The zero-order chi connectivity index (χ0) is 16.7. The number of fused-ring (bicyclic) bond motifs is 1. The van der Waals surface area contributed by atoms with Crippen LogP contribution in [0.25, 0.3) is 5.52 Å². The first kappa shape index (κ1) is 15.3. The van der Waals surface area contributed by atoms with Gasteiger partial charge in [0.1, 0.15) is 5.69 Å². The number of rotatable bonds is 3. The maximum absolute atomic E-state index is 5.86. The highest BCUT2D eigenvalue weighted by Crippen LogP contribution is 2.28. The molecule has 6 heteroatoms. The number of aryl methyl sites for hydroxylation is 2. The highest BCUT2D eigenvalue weighted by atomic mass is 15.4. The predicted molar refractivity (Wildman–Crippen MR) is 96.7 cm³/mol. The molecule has 2 N–H and O–H groups in total. The number of aliphatic imine (C=N–C) groups is 1. The molecule has 0 unspecified atom stereocenters. The summed E-state index contributed by atoms with van der Waals surface area (Å²) < 4.78 is 2.06. The van der Waals surface area contributed by atoms with Crippen LogP contribution in [0, 0.1) is 19.8 Å². The molecule has 126 valence electrons. The molecule has 4 heterocycles. The largest absolute Gasteiger partial charge is 0.355 e. The van der Waals surface area contributed by atoms with Crippen molar-refractivity contribution in [2.75, 3.05) is 24.5 Å². The number of allylic oxidation sites excluding steroid dienone is 1. The van der Waals surface area contributed by atoms with Crippen LogP contribution in [0.2, 0.25) is 0 Å². The summed E-state index contributed by atoms with van der Waals surface area (Å²) in [7, 11) is 0. The molecule has 2 aliphatic heterocycles. The molecular formula is C18H24N6. The fraction of sp³-hybridized carbons (Fsp3) is 0.500. The Bertz CT molecular complexity index is 832. The summed E-state index contributed by atoms with van der Waals surface area (Å²) in [5, 5.41) is 4.89. The lowest BCUT2D eigenvalue weighted by Crippen LogP contribution is -2.26. The van der Waals surface area contributed by atoms with E-state index in [9.17, 15) is 0 Å². The van der Waals surface area contributed by atoms with Gasteiger partial charge in [0.2, 0.25) is 0 Å². The maximum atomic E-state index is 5.86. The van der Waals surface area contributed by atoms with Gasteiger partial charge in [-0.1, -0.05) is 6.08 Å². The quantitative estimate of drug-likeness (QED) is 0.940. The van der Waals surface area contributed by atoms with Crippen LogP contribution in [-0.4, -0.2) is 39.9 Å². The second-order valence-corrected chi connectivity index (χ2v) is 6.77. The highest BCUT2D eigenvalue weighted by molar-refractivity contribution is 6.01. The number of hydrogen-bond donors (Lipinski definition) is 1. The Morgan fingerprint density at radius 1 is 1.29 bits per heavy atom. The van der Waals surface area contributed by atoms with E-state index in [1.807, 2.05) is 13.1 Å². The third kappa shape index (κ3) is 2.51. The molecule has 24 heavy (non-hydrogen) atoms. The number of anilines is 1. The molecule has 2 aromatic rings. The lowest BCUT2D eigenvalue weighted by atomic mass is 10.1. The van der Waals surface area contributed by atoms with Crippen molar-refractivity contribution >= 4 is 17.0 Å². The van der Waals surface area contributed by atoms with Gasteiger partial charge in [-0.15, -0.1) is 0 Å². The summed E-state index contributed by atoms with van der Waals surface area (Å²) in [6, 6.07) is 2.12. The van der Waals surface area contributed by atoms with Crippen LogP contribution in [0.5, 0.6) is 0 Å². The molecule has 0 aliphatic carbocycles. The topological polar surface area (TPSA) is 71.8 Å². The third-order valence-electron chi connectivity index (χ3n) is 5.04.